The number of aromatic nitrogens is 2. The molecule has 2 atom stereocenters. The van der Waals surface area contributed by atoms with Crippen molar-refractivity contribution in [3.63, 3.8) is 0 Å². The molecule has 2 amide bonds. The fourth-order valence-electron chi connectivity index (χ4n) is 5.45. The zero-order chi connectivity index (χ0) is 36.2. The Hall–Kier alpha value is -5.25. The van der Waals surface area contributed by atoms with Crippen molar-refractivity contribution in [2.24, 2.45) is 5.73 Å². The summed E-state index contributed by atoms with van der Waals surface area (Å²) in [5.41, 5.74) is -2.85. The molecule has 6 rings (SSSR count). The molecule has 4 N–H and O–H groups in total. The summed E-state index contributed by atoms with van der Waals surface area (Å²) in [6, 6.07) is 9.82. The number of carbonyl (C=O) groups is 2. The van der Waals surface area contributed by atoms with Crippen molar-refractivity contribution in [2.45, 2.75) is 49.2 Å². The Morgan fingerprint density at radius 2 is 1.74 bits per heavy atom. The van der Waals surface area contributed by atoms with E-state index in [4.69, 9.17) is 15.2 Å². The highest BCUT2D eigenvalue weighted by atomic mass is 19.4. The highest BCUT2D eigenvalue weighted by Gasteiger charge is 2.57. The lowest BCUT2D eigenvalue weighted by Crippen LogP contribution is -2.51. The van der Waals surface area contributed by atoms with E-state index in [0.29, 0.717) is 19.0 Å². The summed E-state index contributed by atoms with van der Waals surface area (Å²) in [5.74, 6) is -2.93. The summed E-state index contributed by atoms with van der Waals surface area (Å²) in [7, 11) is 0. The van der Waals surface area contributed by atoms with E-state index in [1.165, 1.54) is 25.1 Å². The molecule has 1 fully saturated rings. The minimum Gasteiger partial charge on any atom is -0.490 e. The number of benzene rings is 2. The number of hydrogen-bond acceptors (Lipinski definition) is 7. The molecular formula is C34H27F7N4O5. The molecule has 2 aromatic carbocycles. The Kier molecular flexibility index (Phi) is 8.49. The number of nitrogens with two attached hydrogens (primary N) is 1. The molecular weight excluding hydrogens is 677 g/mol. The predicted octanol–water partition coefficient (Wildman–Crippen LogP) is 5.83. The first kappa shape index (κ1) is 34.6. The van der Waals surface area contributed by atoms with Crippen LogP contribution in [-0.4, -0.2) is 52.3 Å². The molecule has 0 saturated heterocycles. The van der Waals surface area contributed by atoms with Crippen LogP contribution in [0.25, 0.3) is 22.4 Å². The van der Waals surface area contributed by atoms with Crippen LogP contribution in [-0.2, 0) is 22.0 Å². The predicted molar refractivity (Wildman–Crippen MR) is 162 cm³/mol. The van der Waals surface area contributed by atoms with Crippen molar-refractivity contribution >= 4 is 11.8 Å². The minimum absolute atomic E-state index is 0.0228. The first-order valence-electron chi connectivity index (χ1n) is 15.1. The van der Waals surface area contributed by atoms with E-state index in [0.717, 1.165) is 42.6 Å². The number of amides is 2. The van der Waals surface area contributed by atoms with Gasteiger partial charge in [-0.2, -0.15) is 26.3 Å². The highest BCUT2D eigenvalue weighted by molar-refractivity contribution is 5.96. The molecule has 50 heavy (non-hydrogen) atoms. The van der Waals surface area contributed by atoms with Crippen LogP contribution < -0.4 is 20.5 Å². The number of rotatable bonds is 9. The summed E-state index contributed by atoms with van der Waals surface area (Å²) in [6.07, 6.45) is -7.59. The maximum Gasteiger partial charge on any atom is 0.424 e. The van der Waals surface area contributed by atoms with Gasteiger partial charge in [0.1, 0.15) is 35.0 Å². The molecule has 1 aliphatic carbocycles. The molecule has 0 unspecified atom stereocenters. The van der Waals surface area contributed by atoms with Crippen LogP contribution in [0, 0.1) is 5.82 Å². The van der Waals surface area contributed by atoms with Crippen LogP contribution in [0.2, 0.25) is 0 Å². The average molecular weight is 705 g/mol. The number of pyridine rings is 2. The Morgan fingerprint density at radius 1 is 1.04 bits per heavy atom. The molecule has 0 spiro atoms. The van der Waals surface area contributed by atoms with E-state index in [-0.39, 0.29) is 57.7 Å². The Morgan fingerprint density at radius 3 is 2.36 bits per heavy atom. The van der Waals surface area contributed by atoms with Gasteiger partial charge in [0, 0.05) is 40.2 Å². The fourth-order valence-corrected chi connectivity index (χ4v) is 5.45. The SMILES string of the molecule is C[C@]1(C(N)=O)COc2c1cc([C@@](O)(CNC(=O)c1ccc(-c3ccncc3C(F)(F)F)c(OC3CC3)c1)C(F)(F)F)nc2-c1ccc(F)cc1. The molecule has 4 aromatic rings. The van der Waals surface area contributed by atoms with E-state index in [9.17, 15) is 45.4 Å². The van der Waals surface area contributed by atoms with Gasteiger partial charge < -0.3 is 25.6 Å². The third kappa shape index (κ3) is 6.30. The quantitative estimate of drug-likeness (QED) is 0.187. The van der Waals surface area contributed by atoms with Gasteiger partial charge >= 0.3 is 12.4 Å². The maximum atomic E-state index is 14.8. The van der Waals surface area contributed by atoms with Crippen LogP contribution in [0.15, 0.2) is 67.0 Å². The number of aliphatic hydroxyl groups is 1. The summed E-state index contributed by atoms with van der Waals surface area (Å²) in [6.45, 7) is -0.507. The Balaban J connectivity index is 1.37. The molecule has 3 heterocycles. The van der Waals surface area contributed by atoms with Gasteiger partial charge in [-0.3, -0.25) is 14.6 Å². The van der Waals surface area contributed by atoms with Gasteiger partial charge in [0.05, 0.1) is 23.9 Å². The number of nitrogens with one attached hydrogen (secondary N) is 1. The second-order valence-electron chi connectivity index (χ2n) is 12.2. The summed E-state index contributed by atoms with van der Waals surface area (Å²) >= 11 is 0. The lowest BCUT2D eigenvalue weighted by Gasteiger charge is -2.31. The number of nitrogens with zero attached hydrogens (tertiary/aromatic N) is 2. The van der Waals surface area contributed by atoms with Gasteiger partial charge in [-0.25, -0.2) is 9.37 Å². The van der Waals surface area contributed by atoms with Crippen molar-refractivity contribution < 1.29 is 54.9 Å². The molecule has 1 saturated carbocycles. The van der Waals surface area contributed by atoms with Crippen molar-refractivity contribution in [2.75, 3.05) is 13.2 Å². The molecule has 0 radical (unpaired) electrons. The number of ether oxygens (including phenoxy) is 2. The van der Waals surface area contributed by atoms with Crippen molar-refractivity contribution in [3.8, 4) is 33.9 Å². The van der Waals surface area contributed by atoms with E-state index in [1.807, 2.05) is 5.32 Å². The number of carbonyl (C=O) groups excluding carboxylic acids is 2. The van der Waals surface area contributed by atoms with Gasteiger partial charge in [-0.15, -0.1) is 0 Å². The molecule has 2 aliphatic rings. The van der Waals surface area contributed by atoms with Gasteiger partial charge in [0.2, 0.25) is 11.5 Å². The van der Waals surface area contributed by atoms with E-state index in [1.54, 1.807) is 0 Å². The minimum atomic E-state index is -5.47. The standard InChI is InChI=1S/C34H27F7N4O5/c1-31(30(42)47)16-49-28-23(31)13-26(45-27(28)17-2-5-19(35)6-3-17)32(48,34(39,40)41)15-44-29(46)18-4-9-22(25(12-18)50-20-7-8-20)21-10-11-43-14-24(21)33(36,37)38/h2-6,9-14,20,48H,7-8,15-16H2,1H3,(H2,42,47)(H,44,46)/t31-,32-/m0/s1. The van der Waals surface area contributed by atoms with Crippen molar-refractivity contribution in [1.29, 1.82) is 0 Å². The molecule has 1 aliphatic heterocycles. The third-order valence-electron chi connectivity index (χ3n) is 8.61. The number of halogens is 7. The molecule has 262 valence electrons. The molecule has 0 bridgehead atoms. The summed E-state index contributed by atoms with van der Waals surface area (Å²) < 4.78 is 111. The van der Waals surface area contributed by atoms with Crippen LogP contribution in [0.4, 0.5) is 30.7 Å². The second kappa shape index (κ2) is 12.3. The van der Waals surface area contributed by atoms with Gasteiger partial charge in [-0.1, -0.05) is 0 Å². The zero-order valence-corrected chi connectivity index (χ0v) is 26.0. The van der Waals surface area contributed by atoms with Crippen molar-refractivity contribution in [3.05, 3.63) is 95.2 Å². The number of primary amides is 1. The zero-order valence-electron chi connectivity index (χ0n) is 26.0. The Bertz CT molecular complexity index is 1980. The lowest BCUT2D eigenvalue weighted by atomic mass is 9.81. The van der Waals surface area contributed by atoms with E-state index in [2.05, 4.69) is 9.97 Å². The fraction of sp³-hybridized carbons (Fsp3) is 0.294. The summed E-state index contributed by atoms with van der Waals surface area (Å²) in [5, 5.41) is 13.3. The van der Waals surface area contributed by atoms with Crippen LogP contribution in [0.1, 0.15) is 46.9 Å². The first-order valence-corrected chi connectivity index (χ1v) is 15.1. The highest BCUT2D eigenvalue weighted by Crippen LogP contribution is 2.48. The van der Waals surface area contributed by atoms with E-state index >= 15 is 0 Å². The van der Waals surface area contributed by atoms with Crippen LogP contribution in [0.5, 0.6) is 11.5 Å². The molecule has 9 nitrogen and oxygen atoms in total. The average Bonchev–Trinajstić information content (AvgIpc) is 3.82. The second-order valence-corrected chi connectivity index (χ2v) is 12.2. The largest absolute Gasteiger partial charge is 0.490 e. The summed E-state index contributed by atoms with van der Waals surface area (Å²) in [4.78, 5) is 33.4. The van der Waals surface area contributed by atoms with Gasteiger partial charge in [0.25, 0.3) is 5.91 Å². The van der Waals surface area contributed by atoms with Gasteiger partial charge in [0.15, 0.2) is 0 Å². The normalized spacial score (nSPS) is 18.5. The number of hydrogen-bond donors (Lipinski definition) is 3. The first-order chi connectivity index (χ1) is 23.4. The maximum absolute atomic E-state index is 14.8. The number of fused-ring (bicyclic) bond motifs is 1. The third-order valence-corrected chi connectivity index (χ3v) is 8.61. The van der Waals surface area contributed by atoms with Gasteiger partial charge in [-0.05, 0) is 74.4 Å². The van der Waals surface area contributed by atoms with Crippen molar-refractivity contribution in [1.82, 2.24) is 15.3 Å². The molecule has 2 aromatic heterocycles. The molecule has 16 heteroatoms. The van der Waals surface area contributed by atoms with Crippen LogP contribution in [0.3, 0.4) is 0 Å². The smallest absolute Gasteiger partial charge is 0.424 e. The number of alkyl halides is 6. The van der Waals surface area contributed by atoms with E-state index < -0.39 is 58.8 Å². The van der Waals surface area contributed by atoms with Crippen LogP contribution >= 0.6 is 0 Å². The Labute approximate surface area is 279 Å². The lowest BCUT2D eigenvalue weighted by molar-refractivity contribution is -0.265. The topological polar surface area (TPSA) is 137 Å². The monoisotopic (exact) mass is 704 g/mol.